The average molecular weight is 337 g/mol. The Morgan fingerprint density at radius 3 is 2.32 bits per heavy atom. The van der Waals surface area contributed by atoms with E-state index in [0.717, 1.165) is 0 Å². The van der Waals surface area contributed by atoms with Gasteiger partial charge in [0.2, 0.25) is 0 Å². The molecule has 104 valence electrons. The van der Waals surface area contributed by atoms with Gasteiger partial charge in [-0.15, -0.1) is 0 Å². The highest BCUT2D eigenvalue weighted by Gasteiger charge is 2.28. The predicted molar refractivity (Wildman–Crippen MR) is 69.8 cm³/mol. The van der Waals surface area contributed by atoms with Crippen LogP contribution in [0.3, 0.4) is 0 Å². The minimum atomic E-state index is -3.23. The van der Waals surface area contributed by atoms with E-state index >= 15 is 0 Å². The van der Waals surface area contributed by atoms with Crippen LogP contribution in [0.2, 0.25) is 0 Å². The zero-order valence-corrected chi connectivity index (χ0v) is 11.8. The van der Waals surface area contributed by atoms with Crippen molar-refractivity contribution in [1.82, 2.24) is 5.43 Å². The summed E-state index contributed by atoms with van der Waals surface area (Å²) in [4.78, 5) is -0.580. The van der Waals surface area contributed by atoms with E-state index in [1.54, 1.807) is 19.1 Å². The molecule has 0 bridgehead atoms. The molecule has 0 aliphatic carbocycles. The largest absolute Gasteiger partial charge is 0.433 e. The fraction of sp³-hybridized carbons (Fsp3) is 0.333. The van der Waals surface area contributed by atoms with E-state index < -0.39 is 11.1 Å². The van der Waals surface area contributed by atoms with Crippen molar-refractivity contribution in [3.8, 4) is 5.75 Å². The maximum absolute atomic E-state index is 13.6. The van der Waals surface area contributed by atoms with Crippen LogP contribution in [0.1, 0.15) is 13.8 Å². The van der Waals surface area contributed by atoms with Crippen molar-refractivity contribution in [3.63, 3.8) is 0 Å². The van der Waals surface area contributed by atoms with E-state index in [9.17, 15) is 13.2 Å². The smallest absolute Gasteiger partial charge is 0.394 e. The minimum absolute atomic E-state index is 0.0490. The summed E-state index contributed by atoms with van der Waals surface area (Å²) < 4.78 is 43.3. The van der Waals surface area contributed by atoms with Crippen LogP contribution >= 0.6 is 15.9 Å². The molecule has 0 spiro atoms. The molecule has 1 atom stereocenters. The third kappa shape index (κ3) is 3.22. The maximum Gasteiger partial charge on any atom is 0.394 e. The SMILES string of the molecule is CC1=C(F)C(Br)NN1c1ccc(OC(C)(F)F)cc1. The van der Waals surface area contributed by atoms with Gasteiger partial charge in [0.25, 0.3) is 0 Å². The quantitative estimate of drug-likeness (QED) is 0.668. The number of allylic oxidation sites excluding steroid dienone is 1. The summed E-state index contributed by atoms with van der Waals surface area (Å²) in [6.45, 7) is 2.29. The van der Waals surface area contributed by atoms with Crippen LogP contribution in [-0.4, -0.2) is 11.1 Å². The lowest BCUT2D eigenvalue weighted by atomic mass is 10.3. The number of hydrogen-bond acceptors (Lipinski definition) is 3. The molecule has 1 aliphatic heterocycles. The Kier molecular flexibility index (Phi) is 3.78. The molecule has 0 amide bonds. The topological polar surface area (TPSA) is 24.5 Å². The first-order valence-electron chi connectivity index (χ1n) is 5.51. The minimum Gasteiger partial charge on any atom is -0.433 e. The van der Waals surface area contributed by atoms with Gasteiger partial charge in [-0.2, -0.15) is 8.78 Å². The monoisotopic (exact) mass is 336 g/mol. The van der Waals surface area contributed by atoms with Crippen molar-refractivity contribution in [2.75, 3.05) is 5.01 Å². The molecule has 3 nitrogen and oxygen atoms in total. The van der Waals surface area contributed by atoms with Gasteiger partial charge in [-0.1, -0.05) is 15.9 Å². The lowest BCUT2D eigenvalue weighted by molar-refractivity contribution is -0.158. The molecule has 0 fully saturated rings. The molecular weight excluding hydrogens is 325 g/mol. The fourth-order valence-electron chi connectivity index (χ4n) is 1.70. The summed E-state index contributed by atoms with van der Waals surface area (Å²) in [5, 5.41) is 1.53. The van der Waals surface area contributed by atoms with Crippen LogP contribution in [0.15, 0.2) is 35.8 Å². The van der Waals surface area contributed by atoms with Crippen molar-refractivity contribution in [1.29, 1.82) is 0 Å². The molecule has 19 heavy (non-hydrogen) atoms. The van der Waals surface area contributed by atoms with Gasteiger partial charge < -0.3 is 4.74 Å². The first-order valence-corrected chi connectivity index (χ1v) is 6.43. The Morgan fingerprint density at radius 1 is 1.32 bits per heavy atom. The summed E-state index contributed by atoms with van der Waals surface area (Å²) in [5.41, 5.74) is 3.89. The molecule has 0 radical (unpaired) electrons. The molecule has 0 saturated heterocycles. The number of nitrogens with one attached hydrogen (secondary N) is 1. The molecular formula is C12H12BrF3N2O. The number of anilines is 1. The Labute approximate surface area is 117 Å². The lowest BCUT2D eigenvalue weighted by Crippen LogP contribution is -2.34. The number of hydrazine groups is 1. The number of rotatable bonds is 3. The van der Waals surface area contributed by atoms with Gasteiger partial charge in [0, 0.05) is 6.92 Å². The molecule has 1 aliphatic rings. The summed E-state index contributed by atoms with van der Waals surface area (Å²) in [6, 6.07) is 5.94. The Balaban J connectivity index is 2.16. The van der Waals surface area contributed by atoms with Crippen molar-refractivity contribution in [2.45, 2.75) is 24.9 Å². The Morgan fingerprint density at radius 2 is 1.89 bits per heavy atom. The highest BCUT2D eigenvalue weighted by atomic mass is 79.9. The van der Waals surface area contributed by atoms with Gasteiger partial charge in [-0.25, -0.2) is 9.82 Å². The van der Waals surface area contributed by atoms with E-state index in [4.69, 9.17) is 0 Å². The van der Waals surface area contributed by atoms with Gasteiger partial charge in [-0.05, 0) is 31.2 Å². The predicted octanol–water partition coefficient (Wildman–Crippen LogP) is 3.92. The maximum atomic E-state index is 13.6. The number of nitrogens with zero attached hydrogens (tertiary/aromatic N) is 1. The van der Waals surface area contributed by atoms with Crippen LogP contribution in [0, 0.1) is 0 Å². The molecule has 1 unspecified atom stereocenters. The van der Waals surface area contributed by atoms with E-state index in [0.29, 0.717) is 18.3 Å². The third-order valence-corrected chi connectivity index (χ3v) is 3.14. The van der Waals surface area contributed by atoms with Gasteiger partial charge in [0.15, 0.2) is 5.83 Å². The summed E-state index contributed by atoms with van der Waals surface area (Å²) >= 11 is 3.13. The first-order chi connectivity index (χ1) is 8.78. The van der Waals surface area contributed by atoms with Crippen LogP contribution in [0.5, 0.6) is 5.75 Å². The molecule has 2 rings (SSSR count). The Bertz CT molecular complexity index is 499. The standard InChI is InChI=1S/C12H12BrF3N2O/c1-7-10(14)11(13)17-18(7)8-3-5-9(6-4-8)19-12(2,15)16/h3-6,11,17H,1-2H3. The van der Waals surface area contributed by atoms with Gasteiger partial charge in [0.1, 0.15) is 10.7 Å². The zero-order chi connectivity index (χ0) is 14.2. The van der Waals surface area contributed by atoms with Gasteiger partial charge in [-0.3, -0.25) is 5.01 Å². The average Bonchev–Trinajstić information content (AvgIpc) is 2.56. The second kappa shape index (κ2) is 5.05. The molecule has 7 heteroatoms. The van der Waals surface area contributed by atoms with Crippen LogP contribution in [0.4, 0.5) is 18.9 Å². The van der Waals surface area contributed by atoms with Crippen molar-refractivity contribution >= 4 is 21.6 Å². The van der Waals surface area contributed by atoms with E-state index in [2.05, 4.69) is 26.1 Å². The molecule has 0 saturated carbocycles. The highest BCUT2D eigenvalue weighted by molar-refractivity contribution is 9.09. The molecule has 0 aromatic heterocycles. The second-order valence-electron chi connectivity index (χ2n) is 4.16. The van der Waals surface area contributed by atoms with Crippen LogP contribution in [-0.2, 0) is 0 Å². The number of hydrogen-bond donors (Lipinski definition) is 1. The fourth-order valence-corrected chi connectivity index (χ4v) is 2.23. The van der Waals surface area contributed by atoms with Crippen LogP contribution < -0.4 is 15.2 Å². The Hall–Kier alpha value is -1.21. The normalized spacial score (nSPS) is 20.1. The van der Waals surface area contributed by atoms with Crippen molar-refractivity contribution in [3.05, 3.63) is 35.8 Å². The zero-order valence-electron chi connectivity index (χ0n) is 10.3. The number of alkyl halides is 3. The summed E-state index contributed by atoms with van der Waals surface area (Å²) in [6.07, 6.45) is -3.23. The highest BCUT2D eigenvalue weighted by Crippen LogP contribution is 2.31. The summed E-state index contributed by atoms with van der Waals surface area (Å²) in [5.74, 6) is -0.270. The number of benzene rings is 1. The van der Waals surface area contributed by atoms with Gasteiger partial charge in [0.05, 0.1) is 11.4 Å². The number of halogens is 4. The second-order valence-corrected chi connectivity index (χ2v) is 5.08. The first kappa shape index (κ1) is 14.2. The molecule has 1 aromatic rings. The van der Waals surface area contributed by atoms with E-state index in [1.165, 1.54) is 17.1 Å². The molecule has 1 heterocycles. The van der Waals surface area contributed by atoms with Gasteiger partial charge >= 0.3 is 6.11 Å². The molecule has 1 aromatic carbocycles. The summed E-state index contributed by atoms with van der Waals surface area (Å²) in [7, 11) is 0. The van der Waals surface area contributed by atoms with E-state index in [1.807, 2.05) is 0 Å². The van der Waals surface area contributed by atoms with Crippen molar-refractivity contribution in [2.24, 2.45) is 0 Å². The third-order valence-electron chi connectivity index (χ3n) is 2.54. The van der Waals surface area contributed by atoms with Crippen molar-refractivity contribution < 1.29 is 17.9 Å². The lowest BCUT2D eigenvalue weighted by Gasteiger charge is -2.21. The molecule has 1 N–H and O–H groups in total. The van der Waals surface area contributed by atoms with Crippen LogP contribution in [0.25, 0.3) is 0 Å². The van der Waals surface area contributed by atoms with E-state index in [-0.39, 0.29) is 11.6 Å². The number of ether oxygens (including phenoxy) is 1.